The summed E-state index contributed by atoms with van der Waals surface area (Å²) in [6.07, 6.45) is 1.76. The fourth-order valence-corrected chi connectivity index (χ4v) is 2.97. The topological polar surface area (TPSA) is 120 Å². The van der Waals surface area contributed by atoms with Crippen molar-refractivity contribution in [3.63, 3.8) is 0 Å². The van der Waals surface area contributed by atoms with E-state index in [1.54, 1.807) is 33.1 Å². The molecule has 10 nitrogen and oxygen atoms in total. The molecule has 1 amide bonds. The van der Waals surface area contributed by atoms with Gasteiger partial charge in [0.15, 0.2) is 5.65 Å². The van der Waals surface area contributed by atoms with Crippen LogP contribution in [0.5, 0.6) is 5.75 Å². The second-order valence-corrected chi connectivity index (χ2v) is 6.34. The van der Waals surface area contributed by atoms with Crippen LogP contribution in [0.2, 0.25) is 0 Å². The number of methoxy groups -OCH3 is 1. The Kier molecular flexibility index (Phi) is 4.59. The number of benzene rings is 1. The third-order valence-electron chi connectivity index (χ3n) is 4.36. The van der Waals surface area contributed by atoms with Crippen molar-refractivity contribution in [2.45, 2.75) is 20.3 Å². The van der Waals surface area contributed by atoms with Gasteiger partial charge in [-0.25, -0.2) is 4.68 Å². The summed E-state index contributed by atoms with van der Waals surface area (Å²) in [5.74, 6) is 1.000. The molecular weight excluding hydrogens is 374 g/mol. The van der Waals surface area contributed by atoms with Gasteiger partial charge in [-0.3, -0.25) is 14.6 Å². The lowest BCUT2D eigenvalue weighted by Crippen LogP contribution is -2.18. The van der Waals surface area contributed by atoms with Crippen LogP contribution in [0, 0.1) is 6.92 Å². The number of rotatable bonds is 5. The van der Waals surface area contributed by atoms with Crippen molar-refractivity contribution in [3.8, 4) is 17.4 Å². The van der Waals surface area contributed by atoms with Crippen LogP contribution >= 0.6 is 0 Å². The first-order chi connectivity index (χ1) is 14.0. The first kappa shape index (κ1) is 18.4. The highest BCUT2D eigenvalue weighted by molar-refractivity contribution is 5.90. The molecular formula is C19H19N7O3. The van der Waals surface area contributed by atoms with Gasteiger partial charge in [0.05, 0.1) is 19.0 Å². The molecule has 4 rings (SSSR count). The van der Waals surface area contributed by atoms with Crippen LogP contribution < -0.4 is 15.6 Å². The monoisotopic (exact) mass is 393 g/mol. The number of H-pyrrole nitrogens is 1. The summed E-state index contributed by atoms with van der Waals surface area (Å²) in [6.45, 7) is 3.54. The number of aryl methyl sites for hydroxylation is 1. The number of para-hydroxylation sites is 2. The zero-order chi connectivity index (χ0) is 20.5. The lowest BCUT2D eigenvalue weighted by molar-refractivity contribution is -0.115. The van der Waals surface area contributed by atoms with Crippen LogP contribution in [-0.4, -0.2) is 42.5 Å². The van der Waals surface area contributed by atoms with Gasteiger partial charge in [0.1, 0.15) is 22.6 Å². The van der Waals surface area contributed by atoms with Crippen LogP contribution in [0.1, 0.15) is 19.0 Å². The van der Waals surface area contributed by atoms with Gasteiger partial charge >= 0.3 is 0 Å². The molecule has 0 spiro atoms. The predicted molar refractivity (Wildman–Crippen MR) is 107 cm³/mol. The van der Waals surface area contributed by atoms with E-state index in [0.717, 1.165) is 0 Å². The number of aromatic amines is 1. The molecule has 148 valence electrons. The average Bonchev–Trinajstić information content (AvgIpc) is 3.31. The molecule has 10 heteroatoms. The Morgan fingerprint density at radius 3 is 2.83 bits per heavy atom. The minimum atomic E-state index is -0.368. The number of nitrogens with one attached hydrogen (secondary N) is 2. The number of hydrogen-bond donors (Lipinski definition) is 2. The molecule has 0 radical (unpaired) electrons. The average molecular weight is 393 g/mol. The molecule has 3 aromatic heterocycles. The van der Waals surface area contributed by atoms with Crippen LogP contribution in [0.4, 0.5) is 5.82 Å². The van der Waals surface area contributed by atoms with Crippen molar-refractivity contribution in [2.24, 2.45) is 0 Å². The maximum atomic E-state index is 12.7. The molecule has 0 saturated carbocycles. The van der Waals surface area contributed by atoms with Crippen LogP contribution in [0.15, 0.2) is 41.3 Å². The number of fused-ring (bicyclic) bond motifs is 1. The van der Waals surface area contributed by atoms with Gasteiger partial charge in [-0.1, -0.05) is 19.1 Å². The van der Waals surface area contributed by atoms with E-state index in [-0.39, 0.29) is 17.4 Å². The molecule has 0 saturated heterocycles. The second-order valence-electron chi connectivity index (χ2n) is 6.34. The number of carbonyl (C=O) groups is 1. The molecule has 1 aromatic carbocycles. The number of nitrogens with zero attached hydrogens (tertiary/aromatic N) is 5. The first-order valence-corrected chi connectivity index (χ1v) is 9.00. The Morgan fingerprint density at radius 1 is 1.28 bits per heavy atom. The van der Waals surface area contributed by atoms with E-state index in [4.69, 9.17) is 4.74 Å². The van der Waals surface area contributed by atoms with Crippen LogP contribution in [0.25, 0.3) is 22.7 Å². The van der Waals surface area contributed by atoms with Gasteiger partial charge in [0.2, 0.25) is 11.9 Å². The zero-order valence-corrected chi connectivity index (χ0v) is 16.1. The largest absolute Gasteiger partial charge is 0.494 e. The second kappa shape index (κ2) is 7.23. The molecule has 0 aliphatic rings. The van der Waals surface area contributed by atoms with Gasteiger partial charge in [-0.05, 0) is 19.1 Å². The minimum Gasteiger partial charge on any atom is -0.494 e. The summed E-state index contributed by atoms with van der Waals surface area (Å²) in [7, 11) is 1.56. The summed E-state index contributed by atoms with van der Waals surface area (Å²) >= 11 is 0. The van der Waals surface area contributed by atoms with Crippen molar-refractivity contribution in [2.75, 3.05) is 12.4 Å². The molecule has 2 N–H and O–H groups in total. The normalized spacial score (nSPS) is 11.0. The van der Waals surface area contributed by atoms with E-state index in [0.29, 0.717) is 40.4 Å². The van der Waals surface area contributed by atoms with E-state index < -0.39 is 0 Å². The number of amides is 1. The maximum Gasteiger partial charge on any atom is 0.263 e. The van der Waals surface area contributed by atoms with Crippen LogP contribution in [-0.2, 0) is 4.79 Å². The molecule has 0 aliphatic heterocycles. The predicted octanol–water partition coefficient (Wildman–Crippen LogP) is 1.96. The van der Waals surface area contributed by atoms with Crippen LogP contribution in [0.3, 0.4) is 0 Å². The number of anilines is 1. The Labute approximate surface area is 165 Å². The quantitative estimate of drug-likeness (QED) is 0.535. The fraction of sp³-hybridized carbons (Fsp3) is 0.211. The summed E-state index contributed by atoms with van der Waals surface area (Å²) in [5, 5.41) is 11.7. The summed E-state index contributed by atoms with van der Waals surface area (Å²) in [5.41, 5.74) is 1.28. The SMILES string of the molecule is CCC(=O)Nc1cc(C)nn1-c1nc2c(cnn2-c2ccccc2OC)c(=O)[nH]1. The van der Waals surface area contributed by atoms with Gasteiger partial charge in [0, 0.05) is 12.5 Å². The number of carbonyl (C=O) groups excluding carboxylic acids is 1. The minimum absolute atomic E-state index is 0.165. The molecule has 0 fully saturated rings. The van der Waals surface area contributed by atoms with Gasteiger partial charge in [-0.15, -0.1) is 0 Å². The van der Waals surface area contributed by atoms with Gasteiger partial charge in [-0.2, -0.15) is 19.9 Å². The third-order valence-corrected chi connectivity index (χ3v) is 4.36. The Balaban J connectivity index is 1.91. The highest BCUT2D eigenvalue weighted by Gasteiger charge is 2.17. The van der Waals surface area contributed by atoms with Gasteiger partial charge in [0.25, 0.3) is 5.56 Å². The molecule has 0 bridgehead atoms. The van der Waals surface area contributed by atoms with E-state index in [2.05, 4.69) is 25.5 Å². The summed E-state index contributed by atoms with van der Waals surface area (Å²) in [4.78, 5) is 31.8. The molecule has 0 unspecified atom stereocenters. The Morgan fingerprint density at radius 2 is 2.07 bits per heavy atom. The van der Waals surface area contributed by atoms with E-state index in [1.165, 1.54) is 15.6 Å². The van der Waals surface area contributed by atoms with Crippen molar-refractivity contribution in [1.82, 2.24) is 29.5 Å². The lowest BCUT2D eigenvalue weighted by atomic mass is 10.3. The van der Waals surface area contributed by atoms with E-state index in [9.17, 15) is 9.59 Å². The number of ether oxygens (including phenoxy) is 1. The van der Waals surface area contributed by atoms with Crippen molar-refractivity contribution in [3.05, 3.63) is 52.6 Å². The molecule has 0 atom stereocenters. The summed E-state index contributed by atoms with van der Waals surface area (Å²) in [6, 6.07) is 9.00. The Hall–Kier alpha value is -3.95. The highest BCUT2D eigenvalue weighted by Crippen LogP contribution is 2.24. The summed E-state index contributed by atoms with van der Waals surface area (Å²) < 4.78 is 8.33. The maximum absolute atomic E-state index is 12.7. The number of hydrogen-bond acceptors (Lipinski definition) is 6. The van der Waals surface area contributed by atoms with E-state index in [1.807, 2.05) is 18.2 Å². The number of aromatic nitrogens is 6. The fourth-order valence-electron chi connectivity index (χ4n) is 2.97. The lowest BCUT2D eigenvalue weighted by Gasteiger charge is -2.10. The standard InChI is InChI=1S/C19H19N7O3/c1-4-16(27)21-15-9-11(2)24-26(15)19-22-17-12(18(28)23-19)10-20-25(17)13-7-5-6-8-14(13)29-3/h5-10H,4H2,1-3H3,(H,21,27)(H,22,23,28). The third kappa shape index (κ3) is 3.24. The van der Waals surface area contributed by atoms with Crippen molar-refractivity contribution < 1.29 is 9.53 Å². The highest BCUT2D eigenvalue weighted by atomic mass is 16.5. The molecule has 0 aliphatic carbocycles. The molecule has 4 aromatic rings. The first-order valence-electron chi connectivity index (χ1n) is 9.00. The van der Waals surface area contributed by atoms with Crippen molar-refractivity contribution in [1.29, 1.82) is 0 Å². The van der Waals surface area contributed by atoms with E-state index >= 15 is 0 Å². The zero-order valence-electron chi connectivity index (χ0n) is 16.1. The molecule has 3 heterocycles. The van der Waals surface area contributed by atoms with Gasteiger partial charge < -0.3 is 10.1 Å². The Bertz CT molecular complexity index is 1270. The van der Waals surface area contributed by atoms with Crippen molar-refractivity contribution >= 4 is 22.8 Å². The molecule has 29 heavy (non-hydrogen) atoms. The smallest absolute Gasteiger partial charge is 0.263 e.